The summed E-state index contributed by atoms with van der Waals surface area (Å²) in [5.41, 5.74) is 0. The Morgan fingerprint density at radius 3 is 1.75 bits per heavy atom. The van der Waals surface area contributed by atoms with Gasteiger partial charge in [0.2, 0.25) is 0 Å². The van der Waals surface area contributed by atoms with Gasteiger partial charge in [-0.15, -0.1) is 0 Å². The third kappa shape index (κ3) is 5.31. The molecule has 1 atom stereocenters. The summed E-state index contributed by atoms with van der Waals surface area (Å²) in [7, 11) is -4.12. The normalized spacial score (nSPS) is 14.2. The molecular weight excluding hydrogens is 159 g/mol. The molecule has 0 fully saturated rings. The molecule has 0 radical (unpaired) electrons. The van der Waals surface area contributed by atoms with Gasteiger partial charge in [0.15, 0.2) is 0 Å². The quantitative estimate of drug-likeness (QED) is 0.337. The van der Waals surface area contributed by atoms with E-state index in [-0.39, 0.29) is 42.2 Å². The van der Waals surface area contributed by atoms with Crippen molar-refractivity contribution in [2.45, 2.75) is 4.30 Å². The van der Waals surface area contributed by atoms with Crippen molar-refractivity contribution in [2.24, 2.45) is 0 Å². The van der Waals surface area contributed by atoms with Crippen molar-refractivity contribution in [3.05, 3.63) is 0 Å². The molecule has 0 aromatic heterocycles. The number of aliphatic hydroxyl groups is 1. The van der Waals surface area contributed by atoms with Crippen molar-refractivity contribution in [1.29, 1.82) is 0 Å². The van der Waals surface area contributed by atoms with Crippen molar-refractivity contribution >= 4 is 49.5 Å². The Kier molecular flexibility index (Phi) is 6.04. The zero-order valence-electron chi connectivity index (χ0n) is 6.40. The second-order valence-electron chi connectivity index (χ2n) is 1.11. The smallest absolute Gasteiger partial charge is 1.00 e. The Balaban J connectivity index is -0.0000000600. The second kappa shape index (κ2) is 4.06. The van der Waals surface area contributed by atoms with E-state index in [0.29, 0.717) is 0 Å². The molecule has 0 amide bonds. The van der Waals surface area contributed by atoms with E-state index in [1.54, 1.807) is 0 Å². The van der Waals surface area contributed by atoms with Crippen LogP contribution in [0.15, 0.2) is 0 Å². The Morgan fingerprint density at radius 1 is 1.62 bits per heavy atom. The first-order valence-electron chi connectivity index (χ1n) is 1.59. The van der Waals surface area contributed by atoms with Crippen LogP contribution in [0, 0.1) is 0 Å². The minimum absolute atomic E-state index is 0. The molecule has 0 spiro atoms. The van der Waals surface area contributed by atoms with Gasteiger partial charge in [-0.2, -0.15) is 8.42 Å². The average molecular weight is 166 g/mol. The van der Waals surface area contributed by atoms with Gasteiger partial charge in [-0.1, -0.05) is 0 Å². The third-order valence-electron chi connectivity index (χ3n) is 0.431. The summed E-state index contributed by atoms with van der Waals surface area (Å²) in [4.78, 5) is 0. The van der Waals surface area contributed by atoms with Crippen LogP contribution in [0.25, 0.3) is 0 Å². The molecule has 0 rings (SSSR count). The first-order chi connectivity index (χ1) is 2.94. The van der Waals surface area contributed by atoms with Crippen LogP contribution in [-0.2, 0) is 10.1 Å². The third-order valence-corrected chi connectivity index (χ3v) is 3.08. The molecule has 0 heterocycles. The molecule has 7 heteroatoms. The zero-order valence-corrected chi connectivity index (χ0v) is 8.63. The minimum atomic E-state index is -4.12. The van der Waals surface area contributed by atoms with Gasteiger partial charge in [-0.05, 0) is 0 Å². The number of hydrogen-bond acceptors (Lipinski definition) is 3. The summed E-state index contributed by atoms with van der Waals surface area (Å²) in [5.74, 6) is 0. The van der Waals surface area contributed by atoms with Crippen molar-refractivity contribution < 1.29 is 20.9 Å². The van der Waals surface area contributed by atoms with Gasteiger partial charge in [-0.25, -0.2) is 0 Å². The van der Waals surface area contributed by atoms with Gasteiger partial charge in [0.25, 0.3) is 26.4 Å². The molecule has 0 aliphatic heterocycles. The van der Waals surface area contributed by atoms with E-state index in [0.717, 1.165) is 0 Å². The molecule has 0 aromatic carbocycles. The summed E-state index contributed by atoms with van der Waals surface area (Å²) in [6.45, 7) is 0. The largest absolute Gasteiger partial charge is 2.00 e. The topological polar surface area (TPSA) is 74.6 Å². The molecule has 0 saturated carbocycles. The maximum Gasteiger partial charge on any atom is 2.00 e. The van der Waals surface area contributed by atoms with E-state index >= 15 is 0 Å². The molecule has 0 aliphatic rings. The molecule has 8 heavy (non-hydrogen) atoms. The molecule has 2 N–H and O–H groups in total. The monoisotopic (exact) mass is 166 g/mol. The van der Waals surface area contributed by atoms with Crippen LogP contribution in [0.4, 0.5) is 0 Å². The number of rotatable bonds is 1. The molecule has 0 aliphatic carbocycles. The molecule has 46 valence electrons. The van der Waals surface area contributed by atoms with Crippen LogP contribution in [0.3, 0.4) is 0 Å². The SMILES string of the molecule is O=S(=O)(O)[CH](O)[AlH2].[H-].[H-].[Mg+2]. The summed E-state index contributed by atoms with van der Waals surface area (Å²) >= 11 is 0.0455. The summed E-state index contributed by atoms with van der Waals surface area (Å²) in [5, 5.41) is 8.11. The van der Waals surface area contributed by atoms with Gasteiger partial charge in [-0.3, -0.25) is 4.55 Å². The van der Waals surface area contributed by atoms with Crippen molar-refractivity contribution in [3.8, 4) is 0 Å². The maximum absolute atomic E-state index is 9.67. The van der Waals surface area contributed by atoms with Crippen LogP contribution in [0.2, 0.25) is 0 Å². The van der Waals surface area contributed by atoms with E-state index in [1.807, 2.05) is 0 Å². The number of hydrogen-bond donors (Lipinski definition) is 2. The second-order valence-corrected chi connectivity index (χ2v) is 4.76. The van der Waals surface area contributed by atoms with E-state index in [9.17, 15) is 8.42 Å². The van der Waals surface area contributed by atoms with Crippen LogP contribution < -0.4 is 0 Å². The number of aliphatic hydroxyl groups excluding tert-OH is 1. The van der Waals surface area contributed by atoms with Crippen LogP contribution in [-0.4, -0.2) is 61.7 Å². The predicted molar refractivity (Wildman–Crippen MR) is 34.1 cm³/mol. The molecule has 4 nitrogen and oxygen atoms in total. The Bertz CT molecular complexity index is 145. The maximum atomic E-state index is 9.67. The van der Waals surface area contributed by atoms with Crippen LogP contribution in [0.5, 0.6) is 0 Å². The fourth-order valence-corrected chi connectivity index (χ4v) is 0. The van der Waals surface area contributed by atoms with Crippen LogP contribution >= 0.6 is 0 Å². The zero-order chi connectivity index (χ0) is 6.08. The van der Waals surface area contributed by atoms with Gasteiger partial charge in [0, 0.05) is 0 Å². The van der Waals surface area contributed by atoms with Gasteiger partial charge >= 0.3 is 23.1 Å². The molecule has 1 unspecified atom stereocenters. The first-order valence-corrected chi connectivity index (χ1v) is 4.25. The van der Waals surface area contributed by atoms with Crippen molar-refractivity contribution in [1.82, 2.24) is 0 Å². The average Bonchev–Trinajstić information content (AvgIpc) is 1.31. The Hall–Kier alpha value is 1.17. The van der Waals surface area contributed by atoms with E-state index < -0.39 is 14.4 Å². The molecule has 0 bridgehead atoms. The predicted octanol–water partition coefficient (Wildman–Crippen LogP) is -2.37. The standard InChI is InChI=1S/CH3O4S.Al.Mg.4H/c2-1-6(3,4)5;;;;;;/h1-2H,(H,3,4,5);;;;;;/q;;+2;;;2*-1. The van der Waals surface area contributed by atoms with Gasteiger partial charge in [0.1, 0.15) is 4.30 Å². The van der Waals surface area contributed by atoms with E-state index in [1.165, 1.54) is 0 Å². The fraction of sp³-hybridized carbons (Fsp3) is 1.00. The van der Waals surface area contributed by atoms with E-state index in [4.69, 9.17) is 9.66 Å². The molecule has 0 saturated heterocycles. The van der Waals surface area contributed by atoms with E-state index in [2.05, 4.69) is 0 Å². The fourth-order valence-electron chi connectivity index (χ4n) is 0. The van der Waals surface area contributed by atoms with Crippen LogP contribution in [0.1, 0.15) is 2.85 Å². The van der Waals surface area contributed by atoms with Gasteiger partial charge < -0.3 is 7.96 Å². The summed E-state index contributed by atoms with van der Waals surface area (Å²) < 4.78 is 25.7. The van der Waals surface area contributed by atoms with Gasteiger partial charge in [0.05, 0.1) is 0 Å². The summed E-state index contributed by atoms with van der Waals surface area (Å²) in [6, 6.07) is 0. The first kappa shape index (κ1) is 11.9. The Morgan fingerprint density at radius 2 is 1.75 bits per heavy atom. The minimum Gasteiger partial charge on any atom is -1.00 e. The van der Waals surface area contributed by atoms with Crippen molar-refractivity contribution in [3.63, 3.8) is 0 Å². The summed E-state index contributed by atoms with van der Waals surface area (Å²) in [6.07, 6.45) is 0. The Labute approximate surface area is 74.6 Å². The van der Waals surface area contributed by atoms with Crippen molar-refractivity contribution in [2.75, 3.05) is 0 Å². The molecule has 0 aromatic rings. The molecular formula is CH7AlMgO4S.